The van der Waals surface area contributed by atoms with Gasteiger partial charge < -0.3 is 15.5 Å². The van der Waals surface area contributed by atoms with Crippen LogP contribution in [0.1, 0.15) is 26.3 Å². The van der Waals surface area contributed by atoms with Crippen LogP contribution in [0.25, 0.3) is 0 Å². The average Bonchev–Trinajstić information content (AvgIpc) is 2.53. The van der Waals surface area contributed by atoms with Crippen molar-refractivity contribution < 1.29 is 18.9 Å². The molecule has 6 heteroatoms. The van der Waals surface area contributed by atoms with Gasteiger partial charge in [-0.2, -0.15) is 0 Å². The minimum Gasteiger partial charge on any atom is -0.322 e. The Bertz CT molecular complexity index is 798. The Hall–Kier alpha value is -2.73. The first kappa shape index (κ1) is 20.6. The van der Waals surface area contributed by atoms with Gasteiger partial charge in [0.05, 0.1) is 7.05 Å². The number of hydrogen-bond acceptors (Lipinski definition) is 2. The van der Waals surface area contributed by atoms with Crippen LogP contribution in [0.2, 0.25) is 0 Å². The van der Waals surface area contributed by atoms with Crippen molar-refractivity contribution in [3.05, 3.63) is 59.9 Å². The monoisotopic (exact) mass is 372 g/mol. The van der Waals surface area contributed by atoms with E-state index in [1.807, 2.05) is 24.3 Å². The first-order valence-corrected chi connectivity index (χ1v) is 8.90. The predicted octanol–water partition coefficient (Wildman–Crippen LogP) is 2.22. The van der Waals surface area contributed by atoms with Crippen molar-refractivity contribution in [3.63, 3.8) is 0 Å². The third-order valence-corrected chi connectivity index (χ3v) is 4.07. The summed E-state index contributed by atoms with van der Waals surface area (Å²) in [5.74, 6) is -0.861. The summed E-state index contributed by atoms with van der Waals surface area (Å²) in [6, 6.07) is 13.5. The minimum absolute atomic E-state index is 0.0575. The van der Waals surface area contributed by atoms with Crippen LogP contribution in [-0.2, 0) is 15.0 Å². The lowest BCUT2D eigenvalue weighted by atomic mass is 9.87. The smallest absolute Gasteiger partial charge is 0.279 e. The average molecular weight is 372 g/mol. The molecule has 0 radical (unpaired) electrons. The second-order valence-corrected chi connectivity index (χ2v) is 7.74. The number of hydrogen-bond donors (Lipinski definition) is 3. The van der Waals surface area contributed by atoms with Crippen LogP contribution < -0.4 is 15.5 Å². The van der Waals surface area contributed by atoms with Crippen LogP contribution in [0.15, 0.2) is 48.5 Å². The van der Waals surface area contributed by atoms with Gasteiger partial charge in [0.1, 0.15) is 5.82 Å². The van der Waals surface area contributed by atoms with Gasteiger partial charge in [-0.25, -0.2) is 4.39 Å². The van der Waals surface area contributed by atoms with Crippen molar-refractivity contribution in [1.29, 1.82) is 0 Å². The molecule has 3 N–H and O–H groups in total. The van der Waals surface area contributed by atoms with Crippen LogP contribution in [0.3, 0.4) is 0 Å². The Labute approximate surface area is 159 Å². The molecule has 2 aromatic carbocycles. The SMILES string of the molecule is C[NH+](CC(=O)Nc1ccc(C(C)(C)C)cc1)CC(=O)Nc1cccc(F)c1. The van der Waals surface area contributed by atoms with Crippen LogP contribution in [0, 0.1) is 5.82 Å². The Balaban J connectivity index is 1.81. The molecule has 0 aliphatic heterocycles. The zero-order chi connectivity index (χ0) is 20.0. The zero-order valence-corrected chi connectivity index (χ0v) is 16.2. The normalized spacial score (nSPS) is 12.3. The number of halogens is 1. The van der Waals surface area contributed by atoms with Crippen molar-refractivity contribution >= 4 is 23.2 Å². The fraction of sp³-hybridized carbons (Fsp3) is 0.333. The topological polar surface area (TPSA) is 62.6 Å². The maximum Gasteiger partial charge on any atom is 0.279 e. The summed E-state index contributed by atoms with van der Waals surface area (Å²) in [5, 5.41) is 5.47. The lowest BCUT2D eigenvalue weighted by molar-refractivity contribution is -0.862. The summed E-state index contributed by atoms with van der Waals surface area (Å²) in [6.07, 6.45) is 0. The van der Waals surface area contributed by atoms with Crippen LogP contribution in [-0.4, -0.2) is 32.0 Å². The number of likely N-dealkylation sites (N-methyl/N-ethyl adjacent to an activating group) is 1. The molecule has 2 amide bonds. The molecule has 27 heavy (non-hydrogen) atoms. The lowest BCUT2D eigenvalue weighted by Crippen LogP contribution is -3.11. The van der Waals surface area contributed by atoms with Crippen LogP contribution in [0.4, 0.5) is 15.8 Å². The summed E-state index contributed by atoms with van der Waals surface area (Å²) in [5.41, 5.74) is 2.38. The zero-order valence-electron chi connectivity index (χ0n) is 16.2. The van der Waals surface area contributed by atoms with Gasteiger partial charge in [0, 0.05) is 11.4 Å². The number of amides is 2. The number of quaternary nitrogens is 1. The Morgan fingerprint density at radius 3 is 2.00 bits per heavy atom. The van der Waals surface area contributed by atoms with Gasteiger partial charge >= 0.3 is 0 Å². The standard InChI is InChI=1S/C21H26FN3O2/c1-21(2,3)15-8-10-17(11-9-15)23-19(26)13-25(4)14-20(27)24-18-7-5-6-16(22)12-18/h5-12H,13-14H2,1-4H3,(H,23,26)(H,24,27)/p+1. The summed E-state index contributed by atoms with van der Waals surface area (Å²) in [7, 11) is 1.76. The quantitative estimate of drug-likeness (QED) is 0.728. The van der Waals surface area contributed by atoms with Crippen molar-refractivity contribution in [1.82, 2.24) is 0 Å². The molecule has 2 aromatic rings. The maximum absolute atomic E-state index is 13.1. The van der Waals surface area contributed by atoms with E-state index in [0.29, 0.717) is 5.69 Å². The van der Waals surface area contributed by atoms with E-state index in [1.54, 1.807) is 13.1 Å². The van der Waals surface area contributed by atoms with E-state index in [2.05, 4.69) is 31.4 Å². The first-order chi connectivity index (χ1) is 12.6. The minimum atomic E-state index is -0.412. The van der Waals surface area contributed by atoms with Gasteiger partial charge in [0.2, 0.25) is 0 Å². The van der Waals surface area contributed by atoms with Crippen molar-refractivity contribution in [2.45, 2.75) is 26.2 Å². The molecule has 5 nitrogen and oxygen atoms in total. The molecule has 2 rings (SSSR count). The van der Waals surface area contributed by atoms with E-state index in [4.69, 9.17) is 0 Å². The molecule has 0 saturated heterocycles. The number of benzene rings is 2. The highest BCUT2D eigenvalue weighted by Crippen LogP contribution is 2.23. The van der Waals surface area contributed by atoms with Gasteiger partial charge in [-0.15, -0.1) is 0 Å². The highest BCUT2D eigenvalue weighted by Gasteiger charge is 2.16. The molecule has 0 spiro atoms. The van der Waals surface area contributed by atoms with Gasteiger partial charge in [0.25, 0.3) is 11.8 Å². The fourth-order valence-corrected chi connectivity index (χ4v) is 2.64. The third kappa shape index (κ3) is 6.83. The van der Waals surface area contributed by atoms with Gasteiger partial charge in [0.15, 0.2) is 13.1 Å². The van der Waals surface area contributed by atoms with Crippen LogP contribution >= 0.6 is 0 Å². The van der Waals surface area contributed by atoms with Crippen molar-refractivity contribution in [3.8, 4) is 0 Å². The van der Waals surface area contributed by atoms with E-state index in [9.17, 15) is 14.0 Å². The van der Waals surface area contributed by atoms with E-state index in [0.717, 1.165) is 10.6 Å². The number of carbonyl (C=O) groups excluding carboxylic acids is 2. The molecule has 0 bridgehead atoms. The number of carbonyl (C=O) groups is 2. The van der Waals surface area contributed by atoms with Crippen molar-refractivity contribution in [2.75, 3.05) is 30.8 Å². The Morgan fingerprint density at radius 2 is 1.48 bits per heavy atom. The summed E-state index contributed by atoms with van der Waals surface area (Å²) >= 11 is 0. The van der Waals surface area contributed by atoms with Gasteiger partial charge in [-0.1, -0.05) is 39.0 Å². The fourth-order valence-electron chi connectivity index (χ4n) is 2.64. The second-order valence-electron chi connectivity index (χ2n) is 7.74. The molecule has 1 unspecified atom stereocenters. The molecular weight excluding hydrogens is 345 g/mol. The molecule has 0 fully saturated rings. The largest absolute Gasteiger partial charge is 0.322 e. The van der Waals surface area contributed by atoms with Crippen LogP contribution in [0.5, 0.6) is 0 Å². The summed E-state index contributed by atoms with van der Waals surface area (Å²) in [6.45, 7) is 6.65. The third-order valence-electron chi connectivity index (χ3n) is 4.07. The second kappa shape index (κ2) is 8.77. The first-order valence-electron chi connectivity index (χ1n) is 8.90. The van der Waals surface area contributed by atoms with E-state index in [1.165, 1.54) is 23.8 Å². The highest BCUT2D eigenvalue weighted by molar-refractivity contribution is 5.93. The number of rotatable bonds is 6. The number of anilines is 2. The molecule has 1 atom stereocenters. The molecule has 0 aliphatic carbocycles. The summed E-state index contributed by atoms with van der Waals surface area (Å²) in [4.78, 5) is 24.9. The van der Waals surface area contributed by atoms with Gasteiger partial charge in [-0.3, -0.25) is 9.59 Å². The van der Waals surface area contributed by atoms with E-state index < -0.39 is 5.82 Å². The molecule has 0 aromatic heterocycles. The van der Waals surface area contributed by atoms with Crippen molar-refractivity contribution in [2.24, 2.45) is 0 Å². The molecule has 0 aliphatic rings. The molecular formula is C21H27FN3O2+. The van der Waals surface area contributed by atoms with E-state index >= 15 is 0 Å². The Morgan fingerprint density at radius 1 is 0.926 bits per heavy atom. The molecule has 144 valence electrons. The lowest BCUT2D eigenvalue weighted by Gasteiger charge is -2.19. The molecule has 0 heterocycles. The summed E-state index contributed by atoms with van der Waals surface area (Å²) < 4.78 is 13.1. The number of nitrogens with one attached hydrogen (secondary N) is 3. The van der Waals surface area contributed by atoms with E-state index in [-0.39, 0.29) is 30.3 Å². The Kier molecular flexibility index (Phi) is 6.69. The highest BCUT2D eigenvalue weighted by atomic mass is 19.1. The van der Waals surface area contributed by atoms with Gasteiger partial charge in [-0.05, 0) is 41.3 Å². The molecule has 0 saturated carbocycles. The predicted molar refractivity (Wildman–Crippen MR) is 105 cm³/mol. The maximum atomic E-state index is 13.1.